The van der Waals surface area contributed by atoms with Crippen LogP contribution in [-0.2, 0) is 10.0 Å². The molecule has 0 saturated heterocycles. The summed E-state index contributed by atoms with van der Waals surface area (Å²) >= 11 is 0. The normalized spacial score (nSPS) is 18.8. The molecule has 0 bridgehead atoms. The fourth-order valence-corrected chi connectivity index (χ4v) is 3.50. The summed E-state index contributed by atoms with van der Waals surface area (Å²) in [6.07, 6.45) is 3.24. The lowest BCUT2D eigenvalue weighted by molar-refractivity contribution is 0.492. The molecule has 1 aliphatic rings. The van der Waals surface area contributed by atoms with Gasteiger partial charge in [0.1, 0.15) is 0 Å². The zero-order valence-electron chi connectivity index (χ0n) is 12.2. The summed E-state index contributed by atoms with van der Waals surface area (Å²) < 4.78 is 27.3. The highest BCUT2D eigenvalue weighted by molar-refractivity contribution is 7.89. The zero-order valence-corrected chi connectivity index (χ0v) is 13.0. The van der Waals surface area contributed by atoms with Crippen molar-refractivity contribution in [3.05, 3.63) is 29.8 Å². The predicted octanol–water partition coefficient (Wildman–Crippen LogP) is 2.42. The molecule has 1 aromatic rings. The van der Waals surface area contributed by atoms with E-state index in [2.05, 4.69) is 11.6 Å². The van der Waals surface area contributed by atoms with Crippen molar-refractivity contribution in [3.63, 3.8) is 0 Å². The Hall–Kier alpha value is -0.910. The van der Waals surface area contributed by atoms with Crippen LogP contribution in [0.2, 0.25) is 0 Å². The molecule has 0 radical (unpaired) electrons. The van der Waals surface area contributed by atoms with E-state index in [1.807, 2.05) is 13.0 Å². The first kappa shape index (κ1) is 15.5. The van der Waals surface area contributed by atoms with Crippen LogP contribution in [0, 0.1) is 11.8 Å². The van der Waals surface area contributed by atoms with Crippen LogP contribution in [0.25, 0.3) is 0 Å². The van der Waals surface area contributed by atoms with Gasteiger partial charge in [-0.1, -0.05) is 26.0 Å². The maximum Gasteiger partial charge on any atom is 0.240 e. The van der Waals surface area contributed by atoms with Gasteiger partial charge in [-0.05, 0) is 48.8 Å². The van der Waals surface area contributed by atoms with Gasteiger partial charge in [-0.15, -0.1) is 0 Å². The Kier molecular flexibility index (Phi) is 4.83. The highest BCUT2D eigenvalue weighted by Gasteiger charge is 2.28. The van der Waals surface area contributed by atoms with Crippen molar-refractivity contribution in [2.24, 2.45) is 17.6 Å². The monoisotopic (exact) mass is 296 g/mol. The molecule has 1 aromatic carbocycles. The predicted molar refractivity (Wildman–Crippen MR) is 80.7 cm³/mol. The van der Waals surface area contributed by atoms with Crippen LogP contribution in [0.4, 0.5) is 0 Å². The second-order valence-electron chi connectivity index (χ2n) is 5.75. The molecule has 1 fully saturated rings. The van der Waals surface area contributed by atoms with E-state index in [0.29, 0.717) is 23.3 Å². The van der Waals surface area contributed by atoms with Gasteiger partial charge >= 0.3 is 0 Å². The fourth-order valence-electron chi connectivity index (χ4n) is 2.30. The van der Waals surface area contributed by atoms with Gasteiger partial charge in [-0.3, -0.25) is 0 Å². The number of nitrogens with one attached hydrogen (secondary N) is 1. The lowest BCUT2D eigenvalue weighted by Crippen LogP contribution is -2.29. The van der Waals surface area contributed by atoms with E-state index >= 15 is 0 Å². The van der Waals surface area contributed by atoms with Crippen molar-refractivity contribution >= 4 is 10.0 Å². The largest absolute Gasteiger partial charge is 0.324 e. The highest BCUT2D eigenvalue weighted by Crippen LogP contribution is 2.36. The van der Waals surface area contributed by atoms with Gasteiger partial charge in [0.15, 0.2) is 0 Å². The second kappa shape index (κ2) is 6.24. The third-order valence-electron chi connectivity index (χ3n) is 4.06. The lowest BCUT2D eigenvalue weighted by atomic mass is 10.1. The summed E-state index contributed by atoms with van der Waals surface area (Å²) in [5.41, 5.74) is 6.83. The molecule has 2 unspecified atom stereocenters. The van der Waals surface area contributed by atoms with Gasteiger partial charge in [0, 0.05) is 12.6 Å². The molecular formula is C15H24N2O2S. The van der Waals surface area contributed by atoms with Gasteiger partial charge in [0.25, 0.3) is 0 Å². The average Bonchev–Trinajstić information content (AvgIpc) is 3.28. The number of nitrogens with two attached hydrogens (primary N) is 1. The zero-order chi connectivity index (χ0) is 14.8. The van der Waals surface area contributed by atoms with Gasteiger partial charge in [0.2, 0.25) is 10.0 Å². The van der Waals surface area contributed by atoms with Crippen molar-refractivity contribution in [2.75, 3.05) is 6.54 Å². The molecule has 112 valence electrons. The number of hydrogen-bond acceptors (Lipinski definition) is 3. The van der Waals surface area contributed by atoms with E-state index in [9.17, 15) is 8.42 Å². The van der Waals surface area contributed by atoms with Crippen LogP contribution in [0.3, 0.4) is 0 Å². The van der Waals surface area contributed by atoms with Crippen molar-refractivity contribution in [3.8, 4) is 0 Å². The Morgan fingerprint density at radius 2 is 2.10 bits per heavy atom. The summed E-state index contributed by atoms with van der Waals surface area (Å²) in [5, 5.41) is 0. The van der Waals surface area contributed by atoms with Crippen LogP contribution in [-0.4, -0.2) is 15.0 Å². The summed E-state index contributed by atoms with van der Waals surface area (Å²) in [5.74, 6) is 1.10. The Labute approximate surface area is 121 Å². The lowest BCUT2D eigenvalue weighted by Gasteiger charge is -2.14. The van der Waals surface area contributed by atoms with E-state index in [1.165, 1.54) is 12.8 Å². The van der Waals surface area contributed by atoms with Crippen molar-refractivity contribution in [1.29, 1.82) is 0 Å². The molecule has 1 aliphatic carbocycles. The Morgan fingerprint density at radius 1 is 1.40 bits per heavy atom. The van der Waals surface area contributed by atoms with Gasteiger partial charge in [-0.25, -0.2) is 13.1 Å². The molecule has 4 nitrogen and oxygen atoms in total. The van der Waals surface area contributed by atoms with E-state index in [-0.39, 0.29) is 6.04 Å². The fraction of sp³-hybridized carbons (Fsp3) is 0.600. The van der Waals surface area contributed by atoms with Crippen LogP contribution in [0.15, 0.2) is 29.2 Å². The van der Waals surface area contributed by atoms with Crippen molar-refractivity contribution in [2.45, 2.75) is 44.0 Å². The molecule has 2 atom stereocenters. The van der Waals surface area contributed by atoms with Crippen molar-refractivity contribution < 1.29 is 8.42 Å². The van der Waals surface area contributed by atoms with E-state index < -0.39 is 10.0 Å². The number of sulfonamides is 1. The Morgan fingerprint density at radius 3 is 2.70 bits per heavy atom. The third-order valence-corrected chi connectivity index (χ3v) is 5.48. The number of rotatable bonds is 7. The first-order chi connectivity index (χ1) is 9.44. The molecule has 0 spiro atoms. The van der Waals surface area contributed by atoms with Gasteiger partial charge in [0.05, 0.1) is 4.90 Å². The minimum absolute atomic E-state index is 0.115. The van der Waals surface area contributed by atoms with E-state index in [0.717, 1.165) is 12.0 Å². The smallest absolute Gasteiger partial charge is 0.240 e. The molecule has 2 rings (SSSR count). The van der Waals surface area contributed by atoms with Crippen LogP contribution in [0.5, 0.6) is 0 Å². The summed E-state index contributed by atoms with van der Waals surface area (Å²) in [7, 11) is -3.43. The van der Waals surface area contributed by atoms with Crippen molar-refractivity contribution in [1.82, 2.24) is 4.72 Å². The Balaban J connectivity index is 2.08. The first-order valence-corrected chi connectivity index (χ1v) is 8.77. The van der Waals surface area contributed by atoms with Gasteiger partial charge in [-0.2, -0.15) is 0 Å². The molecule has 0 aromatic heterocycles. The summed E-state index contributed by atoms with van der Waals surface area (Å²) in [6.45, 7) is 4.60. The molecule has 20 heavy (non-hydrogen) atoms. The molecule has 0 amide bonds. The second-order valence-corrected chi connectivity index (χ2v) is 7.52. The SMILES string of the molecule is CCC(N)c1cccc(S(=O)(=O)NCC(C)C2CC2)c1. The maximum atomic E-state index is 12.3. The number of hydrogen-bond donors (Lipinski definition) is 2. The van der Waals surface area contributed by atoms with Crippen LogP contribution < -0.4 is 10.5 Å². The standard InChI is InChI=1S/C15H24N2O2S/c1-3-15(16)13-5-4-6-14(9-13)20(18,19)17-10-11(2)12-7-8-12/h4-6,9,11-12,15,17H,3,7-8,10,16H2,1-2H3. The topological polar surface area (TPSA) is 72.2 Å². The van der Waals surface area contributed by atoms with E-state index in [1.54, 1.807) is 18.2 Å². The minimum atomic E-state index is -3.43. The van der Waals surface area contributed by atoms with Crippen LogP contribution in [0.1, 0.15) is 44.7 Å². The number of benzene rings is 1. The molecule has 0 aliphatic heterocycles. The van der Waals surface area contributed by atoms with Crippen LogP contribution >= 0.6 is 0 Å². The Bertz CT molecular complexity index is 553. The minimum Gasteiger partial charge on any atom is -0.324 e. The van der Waals surface area contributed by atoms with E-state index in [4.69, 9.17) is 5.73 Å². The highest BCUT2D eigenvalue weighted by atomic mass is 32.2. The molecule has 5 heteroatoms. The molecule has 0 heterocycles. The average molecular weight is 296 g/mol. The summed E-state index contributed by atoms with van der Waals surface area (Å²) in [4.78, 5) is 0.307. The maximum absolute atomic E-state index is 12.3. The van der Waals surface area contributed by atoms with Gasteiger partial charge < -0.3 is 5.73 Å². The summed E-state index contributed by atoms with van der Waals surface area (Å²) in [6, 6.07) is 6.81. The quantitative estimate of drug-likeness (QED) is 0.811. The first-order valence-electron chi connectivity index (χ1n) is 7.29. The molecular weight excluding hydrogens is 272 g/mol. The third kappa shape index (κ3) is 3.81. The molecule has 3 N–H and O–H groups in total. The molecule has 1 saturated carbocycles.